The summed E-state index contributed by atoms with van der Waals surface area (Å²) in [6.07, 6.45) is 0.115. The maximum absolute atomic E-state index is 12.2. The average Bonchev–Trinajstić information content (AvgIpc) is 2.99. The van der Waals surface area contributed by atoms with E-state index in [9.17, 15) is 19.7 Å². The van der Waals surface area contributed by atoms with Crippen LogP contribution in [0.2, 0.25) is 0 Å². The first-order chi connectivity index (χ1) is 12.3. The molecule has 0 aliphatic rings. The number of aromatic nitrogens is 1. The number of benzene rings is 1. The van der Waals surface area contributed by atoms with Crippen molar-refractivity contribution in [3.05, 3.63) is 52.3 Å². The van der Waals surface area contributed by atoms with E-state index in [1.54, 1.807) is 24.3 Å². The van der Waals surface area contributed by atoms with Crippen molar-refractivity contribution in [2.75, 3.05) is 11.9 Å². The van der Waals surface area contributed by atoms with E-state index in [0.29, 0.717) is 18.0 Å². The lowest BCUT2D eigenvalue weighted by molar-refractivity contribution is -0.384. The van der Waals surface area contributed by atoms with Crippen LogP contribution >= 0.6 is 0 Å². The molecule has 9 nitrogen and oxygen atoms in total. The molecule has 0 saturated carbocycles. The highest BCUT2D eigenvalue weighted by Gasteiger charge is 2.23. The summed E-state index contributed by atoms with van der Waals surface area (Å²) < 4.78 is 11.7. The fourth-order valence-corrected chi connectivity index (χ4v) is 2.17. The molecule has 0 saturated heterocycles. The SMILES string of the molecule is CCOc1ccc(NC(=O)C(C)OC(=O)c2cc([N+](=O)[O-])cn2C)cc1. The van der Waals surface area contributed by atoms with E-state index in [-0.39, 0.29) is 11.4 Å². The quantitative estimate of drug-likeness (QED) is 0.461. The molecule has 1 unspecified atom stereocenters. The Hall–Kier alpha value is -3.36. The van der Waals surface area contributed by atoms with Crippen molar-refractivity contribution in [1.29, 1.82) is 0 Å². The number of carbonyl (C=O) groups is 2. The maximum Gasteiger partial charge on any atom is 0.355 e. The van der Waals surface area contributed by atoms with Crippen molar-refractivity contribution >= 4 is 23.3 Å². The van der Waals surface area contributed by atoms with Gasteiger partial charge in [0.05, 0.1) is 17.7 Å². The van der Waals surface area contributed by atoms with Gasteiger partial charge >= 0.3 is 5.97 Å². The minimum absolute atomic E-state index is 0.0163. The number of anilines is 1. The summed E-state index contributed by atoms with van der Waals surface area (Å²) in [7, 11) is 1.48. The molecule has 1 amide bonds. The predicted molar refractivity (Wildman–Crippen MR) is 93.2 cm³/mol. The lowest BCUT2D eigenvalue weighted by atomic mass is 10.3. The third-order valence-corrected chi connectivity index (χ3v) is 3.50. The maximum atomic E-state index is 12.2. The number of nitrogens with one attached hydrogen (secondary N) is 1. The van der Waals surface area contributed by atoms with Gasteiger partial charge in [-0.2, -0.15) is 0 Å². The van der Waals surface area contributed by atoms with Gasteiger partial charge in [0.25, 0.3) is 11.6 Å². The summed E-state index contributed by atoms with van der Waals surface area (Å²) >= 11 is 0. The van der Waals surface area contributed by atoms with Gasteiger partial charge in [-0.3, -0.25) is 14.9 Å². The standard InChI is InChI=1S/C17H19N3O6/c1-4-25-14-7-5-12(6-8-14)18-16(21)11(2)26-17(22)15-9-13(20(23)24)10-19(15)3/h5-11H,4H2,1-3H3,(H,18,21). The first-order valence-corrected chi connectivity index (χ1v) is 7.87. The summed E-state index contributed by atoms with van der Waals surface area (Å²) in [5, 5.41) is 13.4. The second kappa shape index (κ2) is 8.15. The minimum Gasteiger partial charge on any atom is -0.494 e. The van der Waals surface area contributed by atoms with Crippen LogP contribution in [0, 0.1) is 10.1 Å². The fourth-order valence-electron chi connectivity index (χ4n) is 2.17. The van der Waals surface area contributed by atoms with E-state index in [1.165, 1.54) is 24.7 Å². The van der Waals surface area contributed by atoms with Crippen LogP contribution in [0.3, 0.4) is 0 Å². The van der Waals surface area contributed by atoms with Gasteiger partial charge in [-0.1, -0.05) is 0 Å². The number of aryl methyl sites for hydroxylation is 1. The van der Waals surface area contributed by atoms with Gasteiger partial charge in [0.2, 0.25) is 0 Å². The second-order valence-corrected chi connectivity index (χ2v) is 5.45. The Morgan fingerprint density at radius 2 is 1.96 bits per heavy atom. The molecular formula is C17H19N3O6. The van der Waals surface area contributed by atoms with E-state index < -0.39 is 22.9 Å². The third-order valence-electron chi connectivity index (χ3n) is 3.50. The van der Waals surface area contributed by atoms with Crippen LogP contribution in [0.4, 0.5) is 11.4 Å². The topological polar surface area (TPSA) is 113 Å². The Balaban J connectivity index is 1.97. The Morgan fingerprint density at radius 3 is 2.50 bits per heavy atom. The first kappa shape index (κ1) is 19.0. The van der Waals surface area contributed by atoms with E-state index in [0.717, 1.165) is 6.07 Å². The van der Waals surface area contributed by atoms with Crippen LogP contribution in [0.5, 0.6) is 5.75 Å². The van der Waals surface area contributed by atoms with Crippen LogP contribution in [0.1, 0.15) is 24.3 Å². The van der Waals surface area contributed by atoms with E-state index in [4.69, 9.17) is 9.47 Å². The number of ether oxygens (including phenoxy) is 2. The van der Waals surface area contributed by atoms with E-state index >= 15 is 0 Å². The molecule has 1 aromatic carbocycles. The Morgan fingerprint density at radius 1 is 1.31 bits per heavy atom. The molecule has 1 atom stereocenters. The van der Waals surface area contributed by atoms with Gasteiger partial charge in [-0.15, -0.1) is 0 Å². The van der Waals surface area contributed by atoms with Crippen LogP contribution in [-0.4, -0.2) is 34.1 Å². The van der Waals surface area contributed by atoms with Gasteiger partial charge in [-0.05, 0) is 38.1 Å². The Kier molecular flexibility index (Phi) is 5.94. The van der Waals surface area contributed by atoms with Crippen molar-refractivity contribution < 1.29 is 24.0 Å². The molecular weight excluding hydrogens is 342 g/mol. The molecule has 1 aromatic heterocycles. The van der Waals surface area contributed by atoms with E-state index in [1.807, 2.05) is 6.92 Å². The molecule has 1 heterocycles. The highest BCUT2D eigenvalue weighted by atomic mass is 16.6. The zero-order valence-corrected chi connectivity index (χ0v) is 14.6. The van der Waals surface area contributed by atoms with Crippen LogP contribution in [0.15, 0.2) is 36.5 Å². The molecule has 2 aromatic rings. The van der Waals surface area contributed by atoms with Crippen LogP contribution in [-0.2, 0) is 16.6 Å². The molecule has 138 valence electrons. The molecule has 0 spiro atoms. The molecule has 1 N–H and O–H groups in total. The summed E-state index contributed by atoms with van der Waals surface area (Å²) in [5.74, 6) is -0.670. The van der Waals surface area contributed by atoms with Crippen molar-refractivity contribution in [3.63, 3.8) is 0 Å². The fraction of sp³-hybridized carbons (Fsp3) is 0.294. The zero-order chi connectivity index (χ0) is 19.3. The Bertz CT molecular complexity index is 812. The minimum atomic E-state index is -1.08. The van der Waals surface area contributed by atoms with Gasteiger partial charge in [-0.25, -0.2) is 4.79 Å². The number of hydrogen-bond acceptors (Lipinski definition) is 6. The number of esters is 1. The summed E-state index contributed by atoms with van der Waals surface area (Å²) in [5.41, 5.74) is 0.277. The highest BCUT2D eigenvalue weighted by molar-refractivity contribution is 5.97. The number of carbonyl (C=O) groups excluding carboxylic acids is 2. The predicted octanol–water partition coefficient (Wildman–Crippen LogP) is 2.52. The highest BCUT2D eigenvalue weighted by Crippen LogP contribution is 2.18. The number of hydrogen-bond donors (Lipinski definition) is 1. The largest absolute Gasteiger partial charge is 0.494 e. The van der Waals surface area contributed by atoms with Gasteiger partial charge in [0.15, 0.2) is 6.10 Å². The molecule has 2 rings (SSSR count). The lowest BCUT2D eigenvalue weighted by Crippen LogP contribution is -2.30. The number of rotatable bonds is 7. The summed E-state index contributed by atoms with van der Waals surface area (Å²) in [4.78, 5) is 34.4. The Labute approximate surface area is 149 Å². The van der Waals surface area contributed by atoms with Crippen molar-refractivity contribution in [2.24, 2.45) is 7.05 Å². The lowest BCUT2D eigenvalue weighted by Gasteiger charge is -2.14. The van der Waals surface area contributed by atoms with Gasteiger partial charge in [0.1, 0.15) is 11.4 Å². The number of nitro groups is 1. The average molecular weight is 361 g/mol. The van der Waals surface area contributed by atoms with Crippen molar-refractivity contribution in [2.45, 2.75) is 20.0 Å². The molecule has 0 fully saturated rings. The first-order valence-electron chi connectivity index (χ1n) is 7.87. The third kappa shape index (κ3) is 4.59. The zero-order valence-electron chi connectivity index (χ0n) is 14.6. The van der Waals surface area contributed by atoms with Crippen molar-refractivity contribution in [3.8, 4) is 5.75 Å². The number of nitrogens with zero attached hydrogens (tertiary/aromatic N) is 2. The molecule has 0 aliphatic carbocycles. The molecule has 9 heteroatoms. The van der Waals surface area contributed by atoms with E-state index in [2.05, 4.69) is 5.32 Å². The summed E-state index contributed by atoms with van der Waals surface area (Å²) in [6, 6.07) is 7.84. The van der Waals surface area contributed by atoms with Gasteiger partial charge in [0, 0.05) is 18.8 Å². The second-order valence-electron chi connectivity index (χ2n) is 5.45. The number of amides is 1. The monoisotopic (exact) mass is 361 g/mol. The molecule has 0 bridgehead atoms. The van der Waals surface area contributed by atoms with Crippen LogP contribution in [0.25, 0.3) is 0 Å². The normalized spacial score (nSPS) is 11.5. The molecule has 0 aliphatic heterocycles. The van der Waals surface area contributed by atoms with Crippen molar-refractivity contribution in [1.82, 2.24) is 4.57 Å². The molecule has 0 radical (unpaired) electrons. The summed E-state index contributed by atoms with van der Waals surface area (Å²) in [6.45, 7) is 3.82. The molecule has 26 heavy (non-hydrogen) atoms. The van der Waals surface area contributed by atoms with Gasteiger partial charge < -0.3 is 19.4 Å². The smallest absolute Gasteiger partial charge is 0.355 e. The van der Waals surface area contributed by atoms with Crippen LogP contribution < -0.4 is 10.1 Å².